The number of halogens is 2. The van der Waals surface area contributed by atoms with Gasteiger partial charge in [0.05, 0.1) is 45.8 Å². The zero-order valence-electron chi connectivity index (χ0n) is 37.1. The molecule has 8 aromatic rings. The second-order valence-electron chi connectivity index (χ2n) is 18.8. The number of aryl methyl sites for hydroxylation is 3. The monoisotopic (exact) mass is 882 g/mol. The predicted octanol–water partition coefficient (Wildman–Crippen LogP) is 7.44. The summed E-state index contributed by atoms with van der Waals surface area (Å²) in [5.74, 6) is -0.925. The number of H-pyrrole nitrogens is 1. The maximum Gasteiger partial charge on any atom is 0.438 e. The molecule has 3 aliphatic rings. The average molecular weight is 883 g/mol. The van der Waals surface area contributed by atoms with Gasteiger partial charge >= 0.3 is 11.4 Å². The van der Waals surface area contributed by atoms with E-state index in [0.717, 1.165) is 29.3 Å². The fraction of sp³-hybridized carbons (Fsp3) is 0.375. The molecule has 1 amide bonds. The highest BCUT2D eigenvalue weighted by Crippen LogP contribution is 2.56. The quantitative estimate of drug-likeness (QED) is 0.173. The third-order valence-electron chi connectivity index (χ3n) is 14.2. The summed E-state index contributed by atoms with van der Waals surface area (Å²) < 4.78 is 50.2. The second-order valence-corrected chi connectivity index (χ2v) is 18.8. The van der Waals surface area contributed by atoms with Crippen LogP contribution in [-0.2, 0) is 23.7 Å². The van der Waals surface area contributed by atoms with E-state index in [1.807, 2.05) is 17.6 Å². The molecule has 1 N–H and O–H groups in total. The Labute approximate surface area is 370 Å². The number of ether oxygens (including phenoxy) is 1. The van der Waals surface area contributed by atoms with Crippen LogP contribution < -0.4 is 11.4 Å². The minimum atomic E-state index is -0.857. The van der Waals surface area contributed by atoms with Gasteiger partial charge in [-0.05, 0) is 125 Å². The van der Waals surface area contributed by atoms with Crippen molar-refractivity contribution in [2.75, 3.05) is 13.2 Å². The van der Waals surface area contributed by atoms with Gasteiger partial charge in [0.2, 0.25) is 0 Å². The Morgan fingerprint density at radius 1 is 0.938 bits per heavy atom. The van der Waals surface area contributed by atoms with Gasteiger partial charge in [-0.1, -0.05) is 18.1 Å². The van der Waals surface area contributed by atoms with Crippen molar-refractivity contribution in [3.8, 4) is 17.2 Å². The first-order chi connectivity index (χ1) is 31.1. The molecule has 1 aliphatic carbocycles. The highest BCUT2D eigenvalue weighted by molar-refractivity contribution is 6.00. The maximum atomic E-state index is 16.1. The third kappa shape index (κ3) is 6.14. The molecule has 1 saturated heterocycles. The van der Waals surface area contributed by atoms with Gasteiger partial charge in [-0.25, -0.2) is 23.1 Å². The van der Waals surface area contributed by atoms with Crippen LogP contribution in [0.3, 0.4) is 0 Å². The van der Waals surface area contributed by atoms with Crippen LogP contribution in [0.4, 0.5) is 8.78 Å². The molecule has 0 bridgehead atoms. The topological polar surface area (TPSA) is 156 Å². The zero-order chi connectivity index (χ0) is 45.4. The summed E-state index contributed by atoms with van der Waals surface area (Å²) in [5.41, 5.74) is 3.92. The number of nitrogens with zero attached hydrogens (tertiary/aromatic N) is 9. The number of nitrogens with one attached hydrogen (secondary N) is 1. The standard InChI is InChI=1S/C48H48F2N10O5/c1-25-18-32(19-26(2)40(25)49)60-42(58-16-15-57(46(58)63)37-11-10-36-33(41(37)50)24-51-55(36)7)39-28(4)56(14-12-34(39)53-60)43(61)38-21-31-20-29(30-13-17-64-47(5,6)23-30)8-9-35(31)59(38)48(22-27(48)3)44-52-45(62)65-54-44/h8-11,15-16,18-21,24,27-28,30H,12-14,17,22-23H2,1-7H3,(H,52,54,62)/t27-,28-,30-,48-/m1/s1. The summed E-state index contributed by atoms with van der Waals surface area (Å²) in [6.45, 7) is 12.5. The number of benzene rings is 3. The number of rotatable bonds is 7. The maximum absolute atomic E-state index is 16.1. The van der Waals surface area contributed by atoms with Gasteiger partial charge in [0.15, 0.2) is 11.6 Å². The van der Waals surface area contributed by atoms with Crippen molar-refractivity contribution >= 4 is 27.7 Å². The minimum Gasteiger partial charge on any atom is -0.376 e. The number of hydrogen-bond donors (Lipinski definition) is 1. The molecule has 2 aliphatic heterocycles. The fourth-order valence-corrected chi connectivity index (χ4v) is 10.8. The van der Waals surface area contributed by atoms with Crippen LogP contribution in [0.15, 0.2) is 81.2 Å². The number of amides is 1. The van der Waals surface area contributed by atoms with E-state index >= 15 is 13.6 Å². The lowest BCUT2D eigenvalue weighted by molar-refractivity contribution is -0.0592. The SMILES string of the molecule is Cc1cc(-n2nc3c(c2-n2ccn(-c4ccc5c(cnn5C)c4F)c2=O)[C@@H](C)N(C(=O)c2cc4cc([C@@H]5CCOC(C)(C)C5)ccc4n2[C@]2(c4noc(=O)[nH]4)C[C@H]2C)CC3)cc(C)c1F. The molecule has 11 rings (SSSR count). The van der Waals surface area contributed by atoms with E-state index in [-0.39, 0.29) is 40.2 Å². The normalized spacial score (nSPS) is 21.7. The van der Waals surface area contributed by atoms with Crippen molar-refractivity contribution < 1.29 is 22.8 Å². The minimum absolute atomic E-state index is 0.00109. The molecule has 4 atom stereocenters. The molecule has 15 nitrogen and oxygen atoms in total. The van der Waals surface area contributed by atoms with E-state index < -0.39 is 28.8 Å². The van der Waals surface area contributed by atoms with Gasteiger partial charge in [0.1, 0.15) is 22.9 Å². The highest BCUT2D eigenvalue weighted by Gasteiger charge is 2.59. The number of imidazole rings is 1. The Balaban J connectivity index is 1.06. The lowest BCUT2D eigenvalue weighted by Crippen LogP contribution is -2.41. The van der Waals surface area contributed by atoms with E-state index in [2.05, 4.69) is 54.2 Å². The highest BCUT2D eigenvalue weighted by atomic mass is 19.1. The summed E-state index contributed by atoms with van der Waals surface area (Å²) in [7, 11) is 1.72. The Morgan fingerprint density at radius 3 is 2.38 bits per heavy atom. The van der Waals surface area contributed by atoms with Crippen LogP contribution in [0.1, 0.15) is 103 Å². The number of aromatic nitrogens is 9. The average Bonchev–Trinajstić information content (AvgIpc) is 3.90. The molecule has 334 valence electrons. The van der Waals surface area contributed by atoms with Crippen molar-refractivity contribution in [2.24, 2.45) is 13.0 Å². The lowest BCUT2D eigenvalue weighted by Gasteiger charge is -2.35. The summed E-state index contributed by atoms with van der Waals surface area (Å²) in [5, 5.41) is 14.6. The molecule has 65 heavy (non-hydrogen) atoms. The van der Waals surface area contributed by atoms with E-state index in [1.165, 1.54) is 21.5 Å². The Hall–Kier alpha value is -6.88. The van der Waals surface area contributed by atoms with Gasteiger partial charge < -0.3 is 14.2 Å². The van der Waals surface area contributed by atoms with Gasteiger partial charge in [-0.3, -0.25) is 28.1 Å². The van der Waals surface area contributed by atoms with Crippen LogP contribution in [0, 0.1) is 31.4 Å². The summed E-state index contributed by atoms with van der Waals surface area (Å²) in [6.07, 6.45) is 7.17. The van der Waals surface area contributed by atoms with Crippen molar-refractivity contribution in [2.45, 2.75) is 90.3 Å². The number of hydrogen-bond acceptors (Lipinski definition) is 8. The van der Waals surface area contributed by atoms with Crippen LogP contribution >= 0.6 is 0 Å². The second kappa shape index (κ2) is 14.3. The summed E-state index contributed by atoms with van der Waals surface area (Å²) in [4.78, 5) is 47.2. The fourth-order valence-electron chi connectivity index (χ4n) is 10.8. The smallest absolute Gasteiger partial charge is 0.376 e. The van der Waals surface area contributed by atoms with Crippen LogP contribution in [0.2, 0.25) is 0 Å². The molecular weight excluding hydrogens is 835 g/mol. The van der Waals surface area contributed by atoms with Gasteiger partial charge in [0, 0.05) is 55.5 Å². The van der Waals surface area contributed by atoms with Crippen molar-refractivity contribution in [1.82, 2.24) is 48.3 Å². The number of carbonyl (C=O) groups is 1. The first-order valence-corrected chi connectivity index (χ1v) is 22.0. The molecule has 0 radical (unpaired) electrons. The van der Waals surface area contributed by atoms with E-state index in [9.17, 15) is 9.59 Å². The predicted molar refractivity (Wildman–Crippen MR) is 237 cm³/mol. The molecule has 17 heteroatoms. The zero-order valence-corrected chi connectivity index (χ0v) is 37.1. The van der Waals surface area contributed by atoms with Gasteiger partial charge in [-0.15, -0.1) is 0 Å². The van der Waals surface area contributed by atoms with Crippen molar-refractivity contribution in [3.05, 3.63) is 139 Å². The van der Waals surface area contributed by atoms with E-state index in [4.69, 9.17) is 14.4 Å². The molecule has 2 fully saturated rings. The molecule has 3 aromatic carbocycles. The molecule has 0 spiro atoms. The molecule has 1 saturated carbocycles. The van der Waals surface area contributed by atoms with Gasteiger partial charge in [-0.2, -0.15) is 10.2 Å². The number of aromatic amines is 1. The first kappa shape index (κ1) is 40.9. The third-order valence-corrected chi connectivity index (χ3v) is 14.2. The Morgan fingerprint density at radius 2 is 1.68 bits per heavy atom. The summed E-state index contributed by atoms with van der Waals surface area (Å²) in [6, 6.07) is 14.3. The molecule has 7 heterocycles. The van der Waals surface area contributed by atoms with Crippen LogP contribution in [0.25, 0.3) is 39.0 Å². The summed E-state index contributed by atoms with van der Waals surface area (Å²) >= 11 is 0. The van der Waals surface area contributed by atoms with Crippen LogP contribution in [-0.4, -0.2) is 73.0 Å². The number of carbonyl (C=O) groups excluding carboxylic acids is 1. The lowest BCUT2D eigenvalue weighted by atomic mass is 9.83. The molecular formula is C48H48F2N10O5. The first-order valence-electron chi connectivity index (χ1n) is 22.0. The Bertz CT molecular complexity index is 3380. The van der Waals surface area contributed by atoms with E-state index in [0.29, 0.717) is 76.9 Å². The number of fused-ring (bicyclic) bond motifs is 3. The van der Waals surface area contributed by atoms with Crippen molar-refractivity contribution in [3.63, 3.8) is 0 Å². The molecule has 5 aromatic heterocycles. The van der Waals surface area contributed by atoms with E-state index in [1.54, 1.807) is 65.6 Å². The van der Waals surface area contributed by atoms with Gasteiger partial charge in [0.25, 0.3) is 5.91 Å². The molecule has 0 unspecified atom stereocenters. The van der Waals surface area contributed by atoms with Crippen LogP contribution in [0.5, 0.6) is 0 Å². The Kier molecular flexibility index (Phi) is 9.00. The van der Waals surface area contributed by atoms with Crippen molar-refractivity contribution in [1.29, 1.82) is 0 Å². The largest absolute Gasteiger partial charge is 0.438 e.